The van der Waals surface area contributed by atoms with E-state index in [-0.39, 0.29) is 0 Å². The number of hydrogen-bond donors (Lipinski definition) is 1. The summed E-state index contributed by atoms with van der Waals surface area (Å²) in [6.45, 7) is 4.20. The lowest BCUT2D eigenvalue weighted by Crippen LogP contribution is -2.08. The fourth-order valence-electron chi connectivity index (χ4n) is 2.22. The SMILES string of the molecule is CC(C)Nc1ncc(-c2ccncc2-c2ccccc2Cl)s1. The third kappa shape index (κ3) is 3.13. The zero-order chi connectivity index (χ0) is 15.5. The van der Waals surface area contributed by atoms with Crippen LogP contribution in [0, 0.1) is 0 Å². The number of benzene rings is 1. The number of aromatic nitrogens is 2. The summed E-state index contributed by atoms with van der Waals surface area (Å²) in [4.78, 5) is 9.80. The third-order valence-electron chi connectivity index (χ3n) is 3.17. The summed E-state index contributed by atoms with van der Waals surface area (Å²) in [5, 5.41) is 4.98. The molecule has 1 aromatic carbocycles. The van der Waals surface area contributed by atoms with Crippen molar-refractivity contribution in [3.05, 3.63) is 53.9 Å². The van der Waals surface area contributed by atoms with Crippen molar-refractivity contribution in [2.75, 3.05) is 5.32 Å². The molecule has 112 valence electrons. The van der Waals surface area contributed by atoms with E-state index in [4.69, 9.17) is 11.6 Å². The largest absolute Gasteiger partial charge is 0.359 e. The number of halogens is 1. The Kier molecular flexibility index (Phi) is 4.41. The normalized spacial score (nSPS) is 10.9. The highest BCUT2D eigenvalue weighted by Crippen LogP contribution is 2.38. The van der Waals surface area contributed by atoms with Crippen LogP contribution in [0.15, 0.2) is 48.9 Å². The fraction of sp³-hybridized carbons (Fsp3) is 0.176. The number of rotatable bonds is 4. The second-order valence-electron chi connectivity index (χ2n) is 5.23. The Morgan fingerprint density at radius 2 is 1.86 bits per heavy atom. The maximum absolute atomic E-state index is 6.34. The molecule has 0 atom stereocenters. The monoisotopic (exact) mass is 329 g/mol. The second kappa shape index (κ2) is 6.46. The van der Waals surface area contributed by atoms with E-state index < -0.39 is 0 Å². The standard InChI is InChI=1S/C17H16ClN3S/c1-11(2)21-17-20-10-16(22-17)13-7-8-19-9-14(13)12-5-3-4-6-15(12)18/h3-11H,1-2H3,(H,20,21). The van der Waals surface area contributed by atoms with Gasteiger partial charge < -0.3 is 5.32 Å². The van der Waals surface area contributed by atoms with Gasteiger partial charge in [-0.25, -0.2) is 4.98 Å². The van der Waals surface area contributed by atoms with Crippen LogP contribution in [0.5, 0.6) is 0 Å². The van der Waals surface area contributed by atoms with Gasteiger partial charge in [-0.15, -0.1) is 0 Å². The third-order valence-corrected chi connectivity index (χ3v) is 4.46. The van der Waals surface area contributed by atoms with Gasteiger partial charge in [0.05, 0.1) is 4.88 Å². The van der Waals surface area contributed by atoms with Gasteiger partial charge in [-0.05, 0) is 26.0 Å². The minimum atomic E-state index is 0.361. The van der Waals surface area contributed by atoms with Crippen molar-refractivity contribution in [1.29, 1.82) is 0 Å². The predicted octanol–water partition coefficient (Wildman–Crippen LogP) is 5.35. The highest BCUT2D eigenvalue weighted by molar-refractivity contribution is 7.18. The molecule has 0 spiro atoms. The number of pyridine rings is 1. The smallest absolute Gasteiger partial charge is 0.183 e. The van der Waals surface area contributed by atoms with Crippen molar-refractivity contribution in [1.82, 2.24) is 9.97 Å². The number of anilines is 1. The van der Waals surface area contributed by atoms with Crippen LogP contribution in [0.4, 0.5) is 5.13 Å². The van der Waals surface area contributed by atoms with Gasteiger partial charge >= 0.3 is 0 Å². The summed E-state index contributed by atoms with van der Waals surface area (Å²) >= 11 is 7.98. The molecular weight excluding hydrogens is 314 g/mol. The van der Waals surface area contributed by atoms with Gasteiger partial charge in [-0.2, -0.15) is 0 Å². The van der Waals surface area contributed by atoms with Crippen molar-refractivity contribution >= 4 is 28.1 Å². The fourth-order valence-corrected chi connectivity index (χ4v) is 3.46. The summed E-state index contributed by atoms with van der Waals surface area (Å²) in [5.41, 5.74) is 3.10. The molecule has 0 unspecified atom stereocenters. The first kappa shape index (κ1) is 15.0. The molecular formula is C17H16ClN3S. The Morgan fingerprint density at radius 3 is 2.64 bits per heavy atom. The van der Waals surface area contributed by atoms with E-state index in [0.29, 0.717) is 6.04 Å². The van der Waals surface area contributed by atoms with E-state index in [1.165, 1.54) is 0 Å². The molecule has 22 heavy (non-hydrogen) atoms. The first-order valence-corrected chi connectivity index (χ1v) is 8.26. The van der Waals surface area contributed by atoms with Crippen LogP contribution in [0.1, 0.15) is 13.8 Å². The quantitative estimate of drug-likeness (QED) is 0.701. The molecule has 0 fully saturated rings. The van der Waals surface area contributed by atoms with Crippen LogP contribution in [0.3, 0.4) is 0 Å². The van der Waals surface area contributed by atoms with Crippen LogP contribution in [0.25, 0.3) is 21.6 Å². The topological polar surface area (TPSA) is 37.8 Å². The Hall–Kier alpha value is -1.91. The van der Waals surface area contributed by atoms with Crippen molar-refractivity contribution < 1.29 is 0 Å². The van der Waals surface area contributed by atoms with Gasteiger partial charge in [0, 0.05) is 46.3 Å². The van der Waals surface area contributed by atoms with Gasteiger partial charge in [-0.3, -0.25) is 4.98 Å². The van der Waals surface area contributed by atoms with E-state index >= 15 is 0 Å². The van der Waals surface area contributed by atoms with Crippen LogP contribution in [0.2, 0.25) is 5.02 Å². The van der Waals surface area contributed by atoms with E-state index in [0.717, 1.165) is 31.7 Å². The summed E-state index contributed by atoms with van der Waals surface area (Å²) < 4.78 is 0. The van der Waals surface area contributed by atoms with E-state index in [1.807, 2.05) is 42.7 Å². The molecule has 0 amide bonds. The molecule has 2 heterocycles. The summed E-state index contributed by atoms with van der Waals surface area (Å²) in [5.74, 6) is 0. The molecule has 5 heteroatoms. The first-order chi connectivity index (χ1) is 10.6. The Balaban J connectivity index is 2.05. The van der Waals surface area contributed by atoms with Crippen LogP contribution in [-0.2, 0) is 0 Å². The molecule has 0 aliphatic heterocycles. The van der Waals surface area contributed by atoms with Gasteiger partial charge in [0.25, 0.3) is 0 Å². The number of hydrogen-bond acceptors (Lipinski definition) is 4. The van der Waals surface area contributed by atoms with E-state index in [2.05, 4.69) is 29.1 Å². The van der Waals surface area contributed by atoms with Gasteiger partial charge in [0.2, 0.25) is 0 Å². The summed E-state index contributed by atoms with van der Waals surface area (Å²) in [7, 11) is 0. The van der Waals surface area contributed by atoms with E-state index in [1.54, 1.807) is 17.5 Å². The molecule has 2 aromatic heterocycles. The molecule has 3 nitrogen and oxygen atoms in total. The van der Waals surface area contributed by atoms with Crippen LogP contribution >= 0.6 is 22.9 Å². The minimum absolute atomic E-state index is 0.361. The van der Waals surface area contributed by atoms with Crippen LogP contribution in [-0.4, -0.2) is 16.0 Å². The maximum Gasteiger partial charge on any atom is 0.183 e. The lowest BCUT2D eigenvalue weighted by atomic mass is 10.0. The average molecular weight is 330 g/mol. The zero-order valence-corrected chi connectivity index (χ0v) is 13.9. The number of nitrogens with one attached hydrogen (secondary N) is 1. The van der Waals surface area contributed by atoms with E-state index in [9.17, 15) is 0 Å². The first-order valence-electron chi connectivity index (χ1n) is 7.07. The predicted molar refractivity (Wildman–Crippen MR) is 94.5 cm³/mol. The van der Waals surface area contributed by atoms with Crippen molar-refractivity contribution in [3.8, 4) is 21.6 Å². The highest BCUT2D eigenvalue weighted by Gasteiger charge is 2.13. The molecule has 0 saturated heterocycles. The van der Waals surface area contributed by atoms with Crippen LogP contribution < -0.4 is 5.32 Å². The van der Waals surface area contributed by atoms with Crippen molar-refractivity contribution in [2.45, 2.75) is 19.9 Å². The minimum Gasteiger partial charge on any atom is -0.359 e. The Morgan fingerprint density at radius 1 is 1.05 bits per heavy atom. The van der Waals surface area contributed by atoms with Crippen molar-refractivity contribution in [2.24, 2.45) is 0 Å². The maximum atomic E-state index is 6.34. The highest BCUT2D eigenvalue weighted by atomic mass is 35.5. The molecule has 3 aromatic rings. The molecule has 0 saturated carbocycles. The summed E-state index contributed by atoms with van der Waals surface area (Å²) in [6.07, 6.45) is 5.54. The number of nitrogens with zero attached hydrogens (tertiary/aromatic N) is 2. The molecule has 0 radical (unpaired) electrons. The lowest BCUT2D eigenvalue weighted by Gasteiger charge is -2.09. The molecule has 1 N–H and O–H groups in total. The molecule has 0 aliphatic rings. The second-order valence-corrected chi connectivity index (χ2v) is 6.67. The molecule has 0 aliphatic carbocycles. The molecule has 0 bridgehead atoms. The molecule has 3 rings (SSSR count). The van der Waals surface area contributed by atoms with Gasteiger partial charge in [-0.1, -0.05) is 41.1 Å². The lowest BCUT2D eigenvalue weighted by molar-refractivity contribution is 0.896. The Labute approximate surface area is 139 Å². The van der Waals surface area contributed by atoms with Gasteiger partial charge in [0.1, 0.15) is 0 Å². The van der Waals surface area contributed by atoms with Crippen molar-refractivity contribution in [3.63, 3.8) is 0 Å². The number of thiazole rings is 1. The van der Waals surface area contributed by atoms with Gasteiger partial charge in [0.15, 0.2) is 5.13 Å². The average Bonchev–Trinajstić information content (AvgIpc) is 2.95. The summed E-state index contributed by atoms with van der Waals surface area (Å²) in [6, 6.07) is 10.2. The Bertz CT molecular complexity index is 783. The zero-order valence-electron chi connectivity index (χ0n) is 12.4.